The minimum atomic E-state index is -0.185. The number of rotatable bonds is 6. The molecule has 0 aliphatic carbocycles. The molecule has 1 aliphatic heterocycles. The zero-order chi connectivity index (χ0) is 14.6. The minimum absolute atomic E-state index is 0.0499. The largest absolute Gasteiger partial charge is 0.492 e. The van der Waals surface area contributed by atoms with E-state index < -0.39 is 0 Å². The zero-order valence-corrected chi connectivity index (χ0v) is 12.9. The fraction of sp³-hybridized carbons (Fsp3) is 0.562. The van der Waals surface area contributed by atoms with Crippen molar-refractivity contribution in [1.82, 2.24) is 5.32 Å². The predicted octanol–water partition coefficient (Wildman–Crippen LogP) is 3.32. The van der Waals surface area contributed by atoms with E-state index in [9.17, 15) is 4.79 Å². The van der Waals surface area contributed by atoms with Crippen molar-refractivity contribution in [2.75, 3.05) is 19.0 Å². The van der Waals surface area contributed by atoms with Gasteiger partial charge in [-0.1, -0.05) is 32.0 Å². The lowest BCUT2D eigenvalue weighted by Gasteiger charge is -2.25. The molecule has 20 heavy (non-hydrogen) atoms. The molecule has 1 unspecified atom stereocenters. The topological polar surface area (TPSA) is 38.3 Å². The van der Waals surface area contributed by atoms with E-state index in [0.717, 1.165) is 24.2 Å². The number of hydrogen-bond acceptors (Lipinski definition) is 2. The van der Waals surface area contributed by atoms with Crippen LogP contribution in [0.4, 0.5) is 0 Å². The molecule has 1 heterocycles. The Bertz CT molecular complexity index is 473. The van der Waals surface area contributed by atoms with Crippen molar-refractivity contribution in [2.24, 2.45) is 5.41 Å². The monoisotopic (exact) mass is 295 g/mol. The van der Waals surface area contributed by atoms with E-state index in [0.29, 0.717) is 19.0 Å². The molecule has 0 bridgehead atoms. The molecule has 0 saturated heterocycles. The first kappa shape index (κ1) is 15.2. The SMILES string of the molecule is CC(C)(CCCCl)CNC(=O)C1COc2ccccc21. The van der Waals surface area contributed by atoms with Crippen LogP contribution in [0, 0.1) is 5.41 Å². The summed E-state index contributed by atoms with van der Waals surface area (Å²) >= 11 is 5.73. The molecule has 0 aromatic heterocycles. The average molecular weight is 296 g/mol. The molecule has 1 aliphatic rings. The third-order valence-electron chi connectivity index (χ3n) is 3.74. The quantitative estimate of drug-likeness (QED) is 0.818. The van der Waals surface area contributed by atoms with Crippen LogP contribution in [0.25, 0.3) is 0 Å². The fourth-order valence-electron chi connectivity index (χ4n) is 2.46. The standard InChI is InChI=1S/C16H22ClNO2/c1-16(2,8-5-9-17)11-18-15(19)13-10-20-14-7-4-3-6-12(13)14/h3-4,6-7,13H,5,8-11H2,1-2H3,(H,18,19). The highest BCUT2D eigenvalue weighted by Gasteiger charge is 2.30. The summed E-state index contributed by atoms with van der Waals surface area (Å²) in [6.45, 7) is 5.41. The van der Waals surface area contributed by atoms with E-state index in [4.69, 9.17) is 16.3 Å². The Morgan fingerprint density at radius 2 is 2.20 bits per heavy atom. The molecular formula is C16H22ClNO2. The molecule has 1 aromatic rings. The highest BCUT2D eigenvalue weighted by Crippen LogP contribution is 2.33. The van der Waals surface area contributed by atoms with Crippen LogP contribution in [0.15, 0.2) is 24.3 Å². The van der Waals surface area contributed by atoms with Gasteiger partial charge in [0.15, 0.2) is 0 Å². The Balaban J connectivity index is 1.90. The molecule has 1 atom stereocenters. The molecule has 0 saturated carbocycles. The van der Waals surface area contributed by atoms with Gasteiger partial charge in [-0.2, -0.15) is 0 Å². The van der Waals surface area contributed by atoms with Gasteiger partial charge in [0.25, 0.3) is 0 Å². The Labute approximate surface area is 125 Å². The first-order chi connectivity index (χ1) is 9.53. The number of carbonyl (C=O) groups is 1. The van der Waals surface area contributed by atoms with Crippen LogP contribution in [0.2, 0.25) is 0 Å². The summed E-state index contributed by atoms with van der Waals surface area (Å²) in [7, 11) is 0. The Morgan fingerprint density at radius 3 is 2.95 bits per heavy atom. The second-order valence-corrected chi connectivity index (χ2v) is 6.45. The fourth-order valence-corrected chi connectivity index (χ4v) is 2.60. The Kier molecular flexibility index (Phi) is 4.92. The molecule has 0 radical (unpaired) electrons. The average Bonchev–Trinajstić information content (AvgIpc) is 2.87. The molecule has 4 heteroatoms. The number of benzene rings is 1. The second-order valence-electron chi connectivity index (χ2n) is 6.08. The maximum absolute atomic E-state index is 12.3. The number of alkyl halides is 1. The van der Waals surface area contributed by atoms with E-state index in [1.54, 1.807) is 0 Å². The van der Waals surface area contributed by atoms with Crippen LogP contribution >= 0.6 is 11.6 Å². The Hall–Kier alpha value is -1.22. The van der Waals surface area contributed by atoms with Gasteiger partial charge in [-0.15, -0.1) is 11.6 Å². The van der Waals surface area contributed by atoms with Gasteiger partial charge in [0, 0.05) is 18.0 Å². The number of amides is 1. The summed E-state index contributed by atoms with van der Waals surface area (Å²) in [5.41, 5.74) is 1.06. The number of ether oxygens (including phenoxy) is 1. The molecule has 2 rings (SSSR count). The van der Waals surface area contributed by atoms with E-state index in [1.165, 1.54) is 0 Å². The molecule has 0 spiro atoms. The smallest absolute Gasteiger partial charge is 0.231 e. The number of nitrogens with one attached hydrogen (secondary N) is 1. The first-order valence-electron chi connectivity index (χ1n) is 7.09. The van der Waals surface area contributed by atoms with Crippen molar-refractivity contribution in [3.05, 3.63) is 29.8 Å². The van der Waals surface area contributed by atoms with Gasteiger partial charge >= 0.3 is 0 Å². The van der Waals surface area contributed by atoms with Gasteiger partial charge in [-0.05, 0) is 24.3 Å². The normalized spacial score (nSPS) is 17.4. The number of fused-ring (bicyclic) bond motifs is 1. The molecular weight excluding hydrogens is 274 g/mol. The summed E-state index contributed by atoms with van der Waals surface area (Å²) in [6, 6.07) is 7.74. The number of para-hydroxylation sites is 1. The maximum Gasteiger partial charge on any atom is 0.231 e. The highest BCUT2D eigenvalue weighted by molar-refractivity contribution is 6.17. The van der Waals surface area contributed by atoms with Gasteiger partial charge in [0.05, 0.1) is 0 Å². The number of hydrogen-bond donors (Lipinski definition) is 1. The van der Waals surface area contributed by atoms with Crippen molar-refractivity contribution >= 4 is 17.5 Å². The maximum atomic E-state index is 12.3. The lowest BCUT2D eigenvalue weighted by atomic mass is 9.87. The zero-order valence-electron chi connectivity index (χ0n) is 12.1. The van der Waals surface area contributed by atoms with E-state index in [2.05, 4.69) is 19.2 Å². The van der Waals surface area contributed by atoms with E-state index >= 15 is 0 Å². The summed E-state index contributed by atoms with van der Waals surface area (Å²) in [6.07, 6.45) is 1.98. The first-order valence-corrected chi connectivity index (χ1v) is 7.62. The van der Waals surface area contributed by atoms with Crippen LogP contribution in [-0.4, -0.2) is 24.9 Å². The lowest BCUT2D eigenvalue weighted by Crippen LogP contribution is -2.37. The van der Waals surface area contributed by atoms with Crippen molar-refractivity contribution in [1.29, 1.82) is 0 Å². The van der Waals surface area contributed by atoms with Crippen LogP contribution in [0.1, 0.15) is 38.2 Å². The highest BCUT2D eigenvalue weighted by atomic mass is 35.5. The summed E-state index contributed by atoms with van der Waals surface area (Å²) < 4.78 is 5.55. The van der Waals surface area contributed by atoms with E-state index in [-0.39, 0.29) is 17.2 Å². The van der Waals surface area contributed by atoms with Gasteiger partial charge in [0.1, 0.15) is 18.3 Å². The molecule has 1 N–H and O–H groups in total. The van der Waals surface area contributed by atoms with Crippen LogP contribution in [-0.2, 0) is 4.79 Å². The summed E-state index contributed by atoms with van der Waals surface area (Å²) in [5, 5.41) is 3.05. The van der Waals surface area contributed by atoms with E-state index in [1.807, 2.05) is 24.3 Å². The van der Waals surface area contributed by atoms with Crippen molar-refractivity contribution < 1.29 is 9.53 Å². The Morgan fingerprint density at radius 1 is 1.45 bits per heavy atom. The van der Waals surface area contributed by atoms with Crippen LogP contribution in [0.5, 0.6) is 5.75 Å². The van der Waals surface area contributed by atoms with Gasteiger partial charge in [-0.3, -0.25) is 4.79 Å². The van der Waals surface area contributed by atoms with Crippen molar-refractivity contribution in [3.63, 3.8) is 0 Å². The van der Waals surface area contributed by atoms with Gasteiger partial charge < -0.3 is 10.1 Å². The number of carbonyl (C=O) groups excluding carboxylic acids is 1. The summed E-state index contributed by atoms with van der Waals surface area (Å²) in [5.74, 6) is 1.36. The van der Waals surface area contributed by atoms with Gasteiger partial charge in [0.2, 0.25) is 5.91 Å². The molecule has 110 valence electrons. The molecule has 1 aromatic carbocycles. The lowest BCUT2D eigenvalue weighted by molar-refractivity contribution is -0.123. The van der Waals surface area contributed by atoms with Crippen LogP contribution in [0.3, 0.4) is 0 Å². The minimum Gasteiger partial charge on any atom is -0.492 e. The van der Waals surface area contributed by atoms with Crippen molar-refractivity contribution in [3.8, 4) is 5.75 Å². The number of halogens is 1. The third-order valence-corrected chi connectivity index (χ3v) is 4.01. The van der Waals surface area contributed by atoms with Crippen LogP contribution < -0.4 is 10.1 Å². The third kappa shape index (κ3) is 3.66. The predicted molar refractivity (Wildman–Crippen MR) is 81.4 cm³/mol. The van der Waals surface area contributed by atoms with Crippen molar-refractivity contribution in [2.45, 2.75) is 32.6 Å². The summed E-state index contributed by atoms with van der Waals surface area (Å²) in [4.78, 5) is 12.3. The molecule has 3 nitrogen and oxygen atoms in total. The molecule has 0 fully saturated rings. The second kappa shape index (κ2) is 6.49. The molecule has 1 amide bonds. The van der Waals surface area contributed by atoms with Gasteiger partial charge in [-0.25, -0.2) is 0 Å².